The number of carbonyl (C=O) groups excluding carboxylic acids is 1. The Morgan fingerprint density at radius 2 is 1.76 bits per heavy atom. The number of hydrogen-bond acceptors (Lipinski definition) is 3. The van der Waals surface area contributed by atoms with Crippen LogP contribution in [0.25, 0.3) is 11.1 Å². The smallest absolute Gasteiger partial charge is 0.0991 e. The Balaban J connectivity index is 2.40. The molecule has 0 fully saturated rings. The second-order valence-corrected chi connectivity index (χ2v) is 3.56. The minimum absolute atomic E-state index is 0.144. The summed E-state index contributed by atoms with van der Waals surface area (Å²) in [5.41, 5.74) is 2.47. The van der Waals surface area contributed by atoms with E-state index in [0.29, 0.717) is 5.56 Å². The fraction of sp³-hybridized carbons (Fsp3) is 0. The lowest BCUT2D eigenvalue weighted by molar-refractivity contribution is -0.255. The normalized spacial score (nSPS) is 9.59. The van der Waals surface area contributed by atoms with Crippen LogP contribution in [0.5, 0.6) is 0 Å². The quantitative estimate of drug-likeness (QED) is 0.775. The van der Waals surface area contributed by atoms with Gasteiger partial charge in [-0.25, -0.2) is 0 Å². The molecular weight excluding hydrogens is 214 g/mol. The molecule has 0 saturated heterocycles. The van der Waals surface area contributed by atoms with Crippen LogP contribution in [0, 0.1) is 11.3 Å². The predicted octanol–water partition coefficient (Wildman–Crippen LogP) is 1.59. The Morgan fingerprint density at radius 1 is 1.06 bits per heavy atom. The molecule has 0 spiro atoms. The molecule has 17 heavy (non-hydrogen) atoms. The van der Waals surface area contributed by atoms with Crippen molar-refractivity contribution in [3.63, 3.8) is 0 Å². The monoisotopic (exact) mass is 222 g/mol. The number of nitrogens with zero attached hydrogens (tertiary/aromatic N) is 1. The highest BCUT2D eigenvalue weighted by atomic mass is 16.4. The third-order valence-corrected chi connectivity index (χ3v) is 2.45. The van der Waals surface area contributed by atoms with E-state index < -0.39 is 5.97 Å². The number of carboxylic acid groups (broad SMARTS) is 1. The van der Waals surface area contributed by atoms with Crippen LogP contribution in [0.3, 0.4) is 0 Å². The molecule has 0 N–H and O–H groups in total. The van der Waals surface area contributed by atoms with E-state index in [9.17, 15) is 9.90 Å². The van der Waals surface area contributed by atoms with Crippen molar-refractivity contribution < 1.29 is 9.90 Å². The Morgan fingerprint density at radius 3 is 2.35 bits per heavy atom. The Labute approximate surface area is 98.6 Å². The Hall–Kier alpha value is -2.60. The molecule has 3 heteroatoms. The van der Waals surface area contributed by atoms with Crippen LogP contribution >= 0.6 is 0 Å². The topological polar surface area (TPSA) is 63.9 Å². The molecule has 3 nitrogen and oxygen atoms in total. The van der Waals surface area contributed by atoms with Gasteiger partial charge in [0, 0.05) is 0 Å². The molecule has 0 aliphatic heterocycles. The van der Waals surface area contributed by atoms with Crippen molar-refractivity contribution >= 4 is 5.97 Å². The summed E-state index contributed by atoms with van der Waals surface area (Å²) in [6.45, 7) is 0. The third-order valence-electron chi connectivity index (χ3n) is 2.45. The third kappa shape index (κ3) is 2.32. The maximum atomic E-state index is 10.6. The van der Waals surface area contributed by atoms with Crippen molar-refractivity contribution in [2.45, 2.75) is 0 Å². The molecule has 2 aromatic carbocycles. The second-order valence-electron chi connectivity index (χ2n) is 3.56. The van der Waals surface area contributed by atoms with Crippen molar-refractivity contribution in [1.29, 1.82) is 5.26 Å². The van der Waals surface area contributed by atoms with Crippen LogP contribution in [-0.4, -0.2) is 5.97 Å². The molecule has 0 radical (unpaired) electrons. The van der Waals surface area contributed by atoms with Crippen LogP contribution in [-0.2, 0) is 0 Å². The highest BCUT2D eigenvalue weighted by Gasteiger charge is 1.99. The first-order chi connectivity index (χ1) is 8.20. The van der Waals surface area contributed by atoms with Crippen LogP contribution in [0.4, 0.5) is 0 Å². The van der Waals surface area contributed by atoms with Crippen molar-refractivity contribution in [2.24, 2.45) is 0 Å². The number of hydrogen-bond donors (Lipinski definition) is 0. The van der Waals surface area contributed by atoms with Gasteiger partial charge in [-0.15, -0.1) is 0 Å². The minimum atomic E-state index is -1.19. The minimum Gasteiger partial charge on any atom is -0.545 e. The van der Waals surface area contributed by atoms with Gasteiger partial charge in [-0.3, -0.25) is 0 Å². The van der Waals surface area contributed by atoms with Gasteiger partial charge in [-0.2, -0.15) is 5.26 Å². The molecule has 0 heterocycles. The van der Waals surface area contributed by atoms with E-state index in [0.717, 1.165) is 11.1 Å². The van der Waals surface area contributed by atoms with Gasteiger partial charge in [-0.05, 0) is 28.8 Å². The van der Waals surface area contributed by atoms with Crippen LogP contribution in [0.1, 0.15) is 15.9 Å². The first-order valence-corrected chi connectivity index (χ1v) is 5.02. The van der Waals surface area contributed by atoms with Gasteiger partial charge in [0.1, 0.15) is 0 Å². The lowest BCUT2D eigenvalue weighted by Gasteiger charge is -2.05. The highest BCUT2D eigenvalue weighted by molar-refractivity contribution is 5.86. The lowest BCUT2D eigenvalue weighted by atomic mass is 10.0. The fourth-order valence-electron chi connectivity index (χ4n) is 1.57. The summed E-state index contributed by atoms with van der Waals surface area (Å²) in [6, 6.07) is 15.6. The number of aromatic carboxylic acids is 1. The zero-order valence-corrected chi connectivity index (χ0v) is 8.88. The average molecular weight is 222 g/mol. The Bertz CT molecular complexity index is 594. The highest BCUT2D eigenvalue weighted by Crippen LogP contribution is 2.20. The van der Waals surface area contributed by atoms with Gasteiger partial charge < -0.3 is 9.90 Å². The van der Waals surface area contributed by atoms with E-state index in [4.69, 9.17) is 5.26 Å². The zero-order chi connectivity index (χ0) is 12.3. The predicted molar refractivity (Wildman–Crippen MR) is 60.9 cm³/mol. The van der Waals surface area contributed by atoms with Crippen LogP contribution < -0.4 is 5.11 Å². The number of benzene rings is 2. The van der Waals surface area contributed by atoms with Gasteiger partial charge in [-0.1, -0.05) is 36.4 Å². The summed E-state index contributed by atoms with van der Waals surface area (Å²) in [6.07, 6.45) is 0. The summed E-state index contributed by atoms with van der Waals surface area (Å²) in [5.74, 6) is -1.19. The van der Waals surface area contributed by atoms with Crippen molar-refractivity contribution in [2.75, 3.05) is 0 Å². The molecule has 0 aromatic heterocycles. The summed E-state index contributed by atoms with van der Waals surface area (Å²) >= 11 is 0. The summed E-state index contributed by atoms with van der Waals surface area (Å²) in [7, 11) is 0. The maximum Gasteiger partial charge on any atom is 0.0991 e. The summed E-state index contributed by atoms with van der Waals surface area (Å²) < 4.78 is 0. The van der Waals surface area contributed by atoms with E-state index in [1.165, 1.54) is 12.1 Å². The van der Waals surface area contributed by atoms with Gasteiger partial charge in [0.15, 0.2) is 0 Å². The summed E-state index contributed by atoms with van der Waals surface area (Å²) in [5, 5.41) is 19.4. The van der Waals surface area contributed by atoms with Crippen molar-refractivity contribution in [3.8, 4) is 17.2 Å². The molecule has 82 valence electrons. The fourth-order valence-corrected chi connectivity index (χ4v) is 1.57. The molecular formula is C14H8NO2-. The second kappa shape index (κ2) is 4.50. The van der Waals surface area contributed by atoms with Gasteiger partial charge in [0.05, 0.1) is 17.6 Å². The molecule has 0 bridgehead atoms. The zero-order valence-electron chi connectivity index (χ0n) is 8.88. The SMILES string of the molecule is N#Cc1cccc(-c2ccc(C(=O)[O-])cc2)c1. The molecule has 0 atom stereocenters. The van der Waals surface area contributed by atoms with Gasteiger partial charge in [0.2, 0.25) is 0 Å². The van der Waals surface area contributed by atoms with E-state index in [-0.39, 0.29) is 5.56 Å². The molecule has 2 aromatic rings. The number of nitriles is 1. The van der Waals surface area contributed by atoms with Crippen LogP contribution in [0.2, 0.25) is 0 Å². The van der Waals surface area contributed by atoms with Crippen molar-refractivity contribution in [3.05, 3.63) is 59.7 Å². The lowest BCUT2D eigenvalue weighted by Crippen LogP contribution is -2.21. The van der Waals surface area contributed by atoms with Crippen LogP contribution in [0.15, 0.2) is 48.5 Å². The first-order valence-electron chi connectivity index (χ1n) is 5.02. The Kier molecular flexibility index (Phi) is 2.89. The molecule has 0 aliphatic rings. The molecule has 0 amide bonds. The maximum absolute atomic E-state index is 10.6. The molecule has 0 unspecified atom stereocenters. The number of carboxylic acids is 1. The van der Waals surface area contributed by atoms with Gasteiger partial charge >= 0.3 is 0 Å². The van der Waals surface area contributed by atoms with E-state index >= 15 is 0 Å². The van der Waals surface area contributed by atoms with E-state index in [1.54, 1.807) is 30.3 Å². The average Bonchev–Trinajstić information content (AvgIpc) is 2.39. The van der Waals surface area contributed by atoms with Gasteiger partial charge in [0.25, 0.3) is 0 Å². The van der Waals surface area contributed by atoms with Crippen molar-refractivity contribution in [1.82, 2.24) is 0 Å². The molecule has 0 aliphatic carbocycles. The largest absolute Gasteiger partial charge is 0.545 e. The number of carbonyl (C=O) groups is 1. The van der Waals surface area contributed by atoms with E-state index in [1.807, 2.05) is 6.07 Å². The number of rotatable bonds is 2. The molecule has 0 saturated carbocycles. The standard InChI is InChI=1S/C14H9NO2/c15-9-10-2-1-3-13(8-10)11-4-6-12(7-5-11)14(16)17/h1-8H,(H,16,17)/p-1. The first kappa shape index (κ1) is 10.9. The molecule has 2 rings (SSSR count). The van der Waals surface area contributed by atoms with E-state index in [2.05, 4.69) is 6.07 Å². The summed E-state index contributed by atoms with van der Waals surface area (Å²) in [4.78, 5) is 10.6.